The molecule has 1 amide bonds. The van der Waals surface area contributed by atoms with Crippen LogP contribution in [0.2, 0.25) is 0 Å². The van der Waals surface area contributed by atoms with Crippen LogP contribution in [0.4, 0.5) is 18.9 Å². The van der Waals surface area contributed by atoms with Crippen molar-refractivity contribution in [1.82, 2.24) is 5.32 Å². The van der Waals surface area contributed by atoms with Crippen LogP contribution in [0.25, 0.3) is 0 Å². The molecule has 0 aliphatic carbocycles. The molecule has 0 spiro atoms. The molecule has 0 unspecified atom stereocenters. The van der Waals surface area contributed by atoms with Gasteiger partial charge in [0.15, 0.2) is 0 Å². The Bertz CT molecular complexity index is 848. The Kier molecular flexibility index (Phi) is 5.55. The normalized spacial score (nSPS) is 11.7. The number of nitrogens with one attached hydrogen (secondary N) is 1. The topological polar surface area (TPSA) is 110 Å². The molecule has 26 heavy (non-hydrogen) atoms. The predicted molar refractivity (Wildman–Crippen MR) is 82.0 cm³/mol. The first-order valence-electron chi connectivity index (χ1n) is 7.10. The number of carboxylic acids is 1. The maximum Gasteiger partial charge on any atom is 0.326 e. The summed E-state index contributed by atoms with van der Waals surface area (Å²) in [4.78, 5) is 33.2. The minimum absolute atomic E-state index is 0.208. The van der Waals surface area contributed by atoms with E-state index in [4.69, 9.17) is 0 Å². The number of hydrogen-bond acceptors (Lipinski definition) is 4. The molecule has 2 rings (SSSR count). The lowest BCUT2D eigenvalue weighted by molar-refractivity contribution is -0.384. The summed E-state index contributed by atoms with van der Waals surface area (Å²) >= 11 is 0. The SMILES string of the molecule is O=C(N[C@@H](Cc1ccc([N+](=O)[O-])cc1)C(=O)O)c1c(F)cc(F)cc1F. The number of aliphatic carboxylic acids is 1. The molecule has 0 aromatic heterocycles. The Morgan fingerprint density at radius 3 is 2.12 bits per heavy atom. The second-order valence-electron chi connectivity index (χ2n) is 5.24. The number of non-ortho nitro benzene ring substituents is 1. The van der Waals surface area contributed by atoms with Crippen LogP contribution in [0.3, 0.4) is 0 Å². The van der Waals surface area contributed by atoms with Crippen molar-refractivity contribution in [3.63, 3.8) is 0 Å². The third-order valence-corrected chi connectivity index (χ3v) is 3.42. The molecule has 0 bridgehead atoms. The van der Waals surface area contributed by atoms with Crippen LogP contribution in [0.5, 0.6) is 0 Å². The van der Waals surface area contributed by atoms with Crippen molar-refractivity contribution in [2.24, 2.45) is 0 Å². The quantitative estimate of drug-likeness (QED) is 0.601. The zero-order valence-electron chi connectivity index (χ0n) is 12.9. The van der Waals surface area contributed by atoms with Crippen LogP contribution in [0.1, 0.15) is 15.9 Å². The van der Waals surface area contributed by atoms with Crippen LogP contribution in [0.15, 0.2) is 36.4 Å². The van der Waals surface area contributed by atoms with E-state index >= 15 is 0 Å². The number of carboxylic acid groups (broad SMARTS) is 1. The molecule has 0 aliphatic heterocycles. The van der Waals surface area contributed by atoms with E-state index in [0.29, 0.717) is 17.7 Å². The van der Waals surface area contributed by atoms with Gasteiger partial charge in [-0.1, -0.05) is 12.1 Å². The summed E-state index contributed by atoms with van der Waals surface area (Å²) in [5, 5.41) is 21.7. The minimum atomic E-state index is -1.56. The molecule has 1 atom stereocenters. The van der Waals surface area contributed by atoms with Crippen molar-refractivity contribution in [3.8, 4) is 0 Å². The van der Waals surface area contributed by atoms with Crippen molar-refractivity contribution in [2.75, 3.05) is 0 Å². The highest BCUT2D eigenvalue weighted by Gasteiger charge is 2.25. The molecule has 0 heterocycles. The Balaban J connectivity index is 2.19. The Hall–Kier alpha value is -3.43. The summed E-state index contributed by atoms with van der Waals surface area (Å²) in [6.45, 7) is 0. The van der Waals surface area contributed by atoms with Gasteiger partial charge in [-0.25, -0.2) is 18.0 Å². The second-order valence-corrected chi connectivity index (χ2v) is 5.24. The third-order valence-electron chi connectivity index (χ3n) is 3.42. The first-order valence-corrected chi connectivity index (χ1v) is 7.10. The van der Waals surface area contributed by atoms with Crippen molar-refractivity contribution >= 4 is 17.6 Å². The number of amides is 1. The van der Waals surface area contributed by atoms with Gasteiger partial charge >= 0.3 is 5.97 Å². The lowest BCUT2D eigenvalue weighted by Gasteiger charge is -2.15. The number of hydrogen-bond donors (Lipinski definition) is 2. The van der Waals surface area contributed by atoms with E-state index in [1.165, 1.54) is 12.1 Å². The molecule has 136 valence electrons. The van der Waals surface area contributed by atoms with Gasteiger partial charge in [0.2, 0.25) is 0 Å². The lowest BCUT2D eigenvalue weighted by atomic mass is 10.0. The molecular formula is C16H11F3N2O5. The average molecular weight is 368 g/mol. The first kappa shape index (κ1) is 18.9. The van der Waals surface area contributed by atoms with Gasteiger partial charge in [-0.2, -0.15) is 0 Å². The van der Waals surface area contributed by atoms with Gasteiger partial charge in [0.25, 0.3) is 11.6 Å². The molecule has 7 nitrogen and oxygen atoms in total. The summed E-state index contributed by atoms with van der Waals surface area (Å²) in [6.07, 6.45) is -0.288. The lowest BCUT2D eigenvalue weighted by Crippen LogP contribution is -2.43. The summed E-state index contributed by atoms with van der Waals surface area (Å²) in [7, 11) is 0. The van der Waals surface area contributed by atoms with Crippen LogP contribution in [-0.4, -0.2) is 27.9 Å². The van der Waals surface area contributed by atoms with Crippen LogP contribution in [-0.2, 0) is 11.2 Å². The standard InChI is InChI=1S/C16H11F3N2O5/c17-9-6-11(18)14(12(19)7-9)15(22)20-13(16(23)24)5-8-1-3-10(4-2-8)21(25)26/h1-4,6-7,13H,5H2,(H,20,22)(H,23,24)/t13-/m0/s1. The van der Waals surface area contributed by atoms with E-state index in [0.717, 1.165) is 12.1 Å². The highest BCUT2D eigenvalue weighted by Crippen LogP contribution is 2.16. The number of nitrogens with zero attached hydrogens (tertiary/aromatic N) is 1. The van der Waals surface area contributed by atoms with E-state index in [2.05, 4.69) is 0 Å². The molecular weight excluding hydrogens is 357 g/mol. The van der Waals surface area contributed by atoms with Gasteiger partial charge in [-0.05, 0) is 5.56 Å². The van der Waals surface area contributed by atoms with Gasteiger partial charge in [-0.3, -0.25) is 14.9 Å². The van der Waals surface area contributed by atoms with E-state index in [-0.39, 0.29) is 12.1 Å². The highest BCUT2D eigenvalue weighted by atomic mass is 19.1. The van der Waals surface area contributed by atoms with E-state index < -0.39 is 45.9 Å². The summed E-state index contributed by atoms with van der Waals surface area (Å²) in [6, 6.07) is 3.91. The molecule has 2 aromatic rings. The smallest absolute Gasteiger partial charge is 0.326 e. The Morgan fingerprint density at radius 1 is 1.12 bits per heavy atom. The molecule has 0 fully saturated rings. The summed E-state index contributed by atoms with van der Waals surface area (Å²) in [5.74, 6) is -7.02. The number of carbonyl (C=O) groups is 2. The number of carbonyl (C=O) groups excluding carboxylic acids is 1. The van der Waals surface area contributed by atoms with Crippen molar-refractivity contribution in [1.29, 1.82) is 0 Å². The van der Waals surface area contributed by atoms with E-state index in [1.807, 2.05) is 5.32 Å². The maximum absolute atomic E-state index is 13.6. The summed E-state index contributed by atoms with van der Waals surface area (Å²) < 4.78 is 40.1. The second kappa shape index (κ2) is 7.64. The zero-order valence-corrected chi connectivity index (χ0v) is 12.9. The largest absolute Gasteiger partial charge is 0.480 e. The fourth-order valence-electron chi connectivity index (χ4n) is 2.18. The highest BCUT2D eigenvalue weighted by molar-refractivity contribution is 5.97. The molecule has 0 radical (unpaired) electrons. The molecule has 0 aliphatic rings. The Labute approximate surface area is 144 Å². The first-order chi connectivity index (χ1) is 12.2. The fraction of sp³-hybridized carbons (Fsp3) is 0.125. The van der Waals surface area contributed by atoms with E-state index in [9.17, 15) is 38.0 Å². The monoisotopic (exact) mass is 368 g/mol. The predicted octanol–water partition coefficient (Wildman–Crippen LogP) is 2.44. The number of nitro groups is 1. The fourth-order valence-corrected chi connectivity index (χ4v) is 2.18. The van der Waals surface area contributed by atoms with Gasteiger partial charge in [0.1, 0.15) is 29.1 Å². The number of rotatable bonds is 6. The molecule has 0 saturated heterocycles. The minimum Gasteiger partial charge on any atom is -0.480 e. The van der Waals surface area contributed by atoms with Crippen molar-refractivity contribution < 1.29 is 32.8 Å². The zero-order chi connectivity index (χ0) is 19.4. The number of nitro benzene ring substituents is 1. The van der Waals surface area contributed by atoms with Crippen LogP contribution < -0.4 is 5.32 Å². The number of halogens is 3. The average Bonchev–Trinajstić information content (AvgIpc) is 2.53. The molecule has 0 saturated carbocycles. The Morgan fingerprint density at radius 2 is 1.65 bits per heavy atom. The maximum atomic E-state index is 13.6. The van der Waals surface area contributed by atoms with Crippen LogP contribution in [0, 0.1) is 27.6 Å². The van der Waals surface area contributed by atoms with Gasteiger partial charge in [0, 0.05) is 30.7 Å². The third kappa shape index (κ3) is 4.35. The van der Waals surface area contributed by atoms with Crippen molar-refractivity contribution in [2.45, 2.75) is 12.5 Å². The van der Waals surface area contributed by atoms with Gasteiger partial charge in [0.05, 0.1) is 4.92 Å². The van der Waals surface area contributed by atoms with Crippen molar-refractivity contribution in [3.05, 3.63) is 75.1 Å². The van der Waals surface area contributed by atoms with Gasteiger partial charge < -0.3 is 10.4 Å². The molecule has 2 aromatic carbocycles. The summed E-state index contributed by atoms with van der Waals surface area (Å²) in [5.41, 5.74) is -0.982. The van der Waals surface area contributed by atoms with Gasteiger partial charge in [-0.15, -0.1) is 0 Å². The number of benzene rings is 2. The van der Waals surface area contributed by atoms with Crippen LogP contribution >= 0.6 is 0 Å². The molecule has 2 N–H and O–H groups in total. The van der Waals surface area contributed by atoms with E-state index in [1.54, 1.807) is 0 Å². The molecule has 10 heteroatoms.